The minimum Gasteiger partial charge on any atom is -0.483 e. The first kappa shape index (κ1) is 17.8. The van der Waals surface area contributed by atoms with E-state index in [2.05, 4.69) is 10.1 Å². The summed E-state index contributed by atoms with van der Waals surface area (Å²) in [5.74, 6) is -0.528. The third-order valence-corrected chi connectivity index (χ3v) is 4.00. The van der Waals surface area contributed by atoms with Gasteiger partial charge in [0.15, 0.2) is 6.61 Å². The molecule has 1 heterocycles. The second-order valence-electron chi connectivity index (χ2n) is 5.01. The fourth-order valence-corrected chi connectivity index (χ4v) is 2.96. The Morgan fingerprint density at radius 3 is 2.58 bits per heavy atom. The molecule has 1 amide bonds. The molecular weight excluding hydrogens is 341 g/mol. The number of aryl methyl sites for hydroxylation is 2. The summed E-state index contributed by atoms with van der Waals surface area (Å²) >= 11 is 1.49. The molecule has 4 nitrogen and oxygen atoms in total. The summed E-state index contributed by atoms with van der Waals surface area (Å²) in [6.45, 7) is 2.22. The molecule has 126 valence electrons. The minimum atomic E-state index is -4.49. The SMILES string of the molecule is Cc1cc(C(=O)Nc2ccc(OCC(F)(F)F)c(C#N)c2)c(C)s1. The summed E-state index contributed by atoms with van der Waals surface area (Å²) in [7, 11) is 0. The van der Waals surface area contributed by atoms with Crippen molar-refractivity contribution in [2.24, 2.45) is 0 Å². The molecule has 1 aromatic heterocycles. The number of rotatable bonds is 4. The van der Waals surface area contributed by atoms with E-state index in [0.29, 0.717) is 11.3 Å². The van der Waals surface area contributed by atoms with Crippen LogP contribution in [0.1, 0.15) is 25.7 Å². The molecule has 0 saturated heterocycles. The highest BCUT2D eigenvalue weighted by atomic mass is 32.1. The predicted octanol–water partition coefficient (Wildman–Crippen LogP) is 4.43. The van der Waals surface area contributed by atoms with Gasteiger partial charge < -0.3 is 10.1 Å². The van der Waals surface area contributed by atoms with Crippen LogP contribution in [0.2, 0.25) is 0 Å². The van der Waals surface area contributed by atoms with Gasteiger partial charge in [0.25, 0.3) is 5.91 Å². The molecule has 2 aromatic rings. The lowest BCUT2D eigenvalue weighted by atomic mass is 10.1. The molecule has 0 spiro atoms. The highest BCUT2D eigenvalue weighted by Gasteiger charge is 2.28. The van der Waals surface area contributed by atoms with Crippen LogP contribution in [0.5, 0.6) is 5.75 Å². The van der Waals surface area contributed by atoms with Crippen LogP contribution < -0.4 is 10.1 Å². The number of nitrogens with one attached hydrogen (secondary N) is 1. The topological polar surface area (TPSA) is 62.1 Å². The molecule has 0 aliphatic heterocycles. The average Bonchev–Trinajstić information content (AvgIpc) is 2.83. The van der Waals surface area contributed by atoms with Crippen molar-refractivity contribution in [2.45, 2.75) is 20.0 Å². The standard InChI is InChI=1S/C16H13F3N2O2S/c1-9-5-13(10(2)24-9)15(22)21-12-3-4-14(11(6-12)7-20)23-8-16(17,18)19/h3-6H,8H2,1-2H3,(H,21,22). The van der Waals surface area contributed by atoms with Gasteiger partial charge in [0.2, 0.25) is 0 Å². The molecule has 0 saturated carbocycles. The Kier molecular flexibility index (Phi) is 5.14. The monoisotopic (exact) mass is 354 g/mol. The number of amides is 1. The molecule has 0 aliphatic rings. The number of hydrogen-bond acceptors (Lipinski definition) is 4. The van der Waals surface area contributed by atoms with Gasteiger partial charge in [-0.2, -0.15) is 18.4 Å². The Labute approximate surface area is 140 Å². The van der Waals surface area contributed by atoms with Crippen LogP contribution in [0.4, 0.5) is 18.9 Å². The Bertz CT molecular complexity index is 807. The van der Waals surface area contributed by atoms with E-state index in [0.717, 1.165) is 9.75 Å². The second kappa shape index (κ2) is 6.93. The average molecular weight is 354 g/mol. The number of alkyl halides is 3. The van der Waals surface area contributed by atoms with Crippen molar-refractivity contribution in [2.75, 3.05) is 11.9 Å². The van der Waals surface area contributed by atoms with Crippen LogP contribution in [0, 0.1) is 25.2 Å². The van der Waals surface area contributed by atoms with Crippen molar-refractivity contribution >= 4 is 22.9 Å². The number of nitriles is 1. The number of hydrogen-bond donors (Lipinski definition) is 1. The molecular formula is C16H13F3N2O2S. The number of carbonyl (C=O) groups excluding carboxylic acids is 1. The van der Waals surface area contributed by atoms with Crippen LogP contribution >= 0.6 is 11.3 Å². The maximum absolute atomic E-state index is 12.2. The lowest BCUT2D eigenvalue weighted by molar-refractivity contribution is -0.153. The van der Waals surface area contributed by atoms with E-state index in [-0.39, 0.29) is 17.2 Å². The number of carbonyl (C=O) groups is 1. The fraction of sp³-hybridized carbons (Fsp3) is 0.250. The number of thiophene rings is 1. The van der Waals surface area contributed by atoms with Crippen molar-refractivity contribution in [1.82, 2.24) is 0 Å². The fourth-order valence-electron chi connectivity index (χ4n) is 2.04. The first-order valence-electron chi connectivity index (χ1n) is 6.81. The van der Waals surface area contributed by atoms with E-state index in [1.807, 2.05) is 13.8 Å². The molecule has 8 heteroatoms. The molecule has 0 unspecified atom stereocenters. The third-order valence-electron chi connectivity index (χ3n) is 3.03. The lowest BCUT2D eigenvalue weighted by Crippen LogP contribution is -2.19. The number of ether oxygens (including phenoxy) is 1. The van der Waals surface area contributed by atoms with E-state index in [9.17, 15) is 18.0 Å². The van der Waals surface area contributed by atoms with Gasteiger partial charge in [-0.1, -0.05) is 0 Å². The van der Waals surface area contributed by atoms with Crippen molar-refractivity contribution < 1.29 is 22.7 Å². The molecule has 24 heavy (non-hydrogen) atoms. The normalized spacial score (nSPS) is 11.0. The highest BCUT2D eigenvalue weighted by Crippen LogP contribution is 2.26. The third kappa shape index (κ3) is 4.49. The zero-order chi connectivity index (χ0) is 17.9. The van der Waals surface area contributed by atoms with Gasteiger partial charge in [-0.15, -0.1) is 11.3 Å². The Morgan fingerprint density at radius 2 is 2.04 bits per heavy atom. The van der Waals surface area contributed by atoms with Gasteiger partial charge in [-0.3, -0.25) is 4.79 Å². The summed E-state index contributed by atoms with van der Waals surface area (Å²) in [5.41, 5.74) is 0.739. The second-order valence-corrected chi connectivity index (χ2v) is 6.47. The van der Waals surface area contributed by atoms with Crippen LogP contribution in [0.15, 0.2) is 24.3 Å². The van der Waals surface area contributed by atoms with Crippen LogP contribution in [-0.2, 0) is 0 Å². The van der Waals surface area contributed by atoms with Gasteiger partial charge >= 0.3 is 6.18 Å². The van der Waals surface area contributed by atoms with Crippen LogP contribution in [-0.4, -0.2) is 18.7 Å². The van der Waals surface area contributed by atoms with Crippen molar-refractivity contribution in [3.05, 3.63) is 45.1 Å². The predicted molar refractivity (Wildman–Crippen MR) is 84.5 cm³/mol. The first-order valence-corrected chi connectivity index (χ1v) is 7.63. The van der Waals surface area contributed by atoms with Crippen molar-refractivity contribution in [3.8, 4) is 11.8 Å². The summed E-state index contributed by atoms with van der Waals surface area (Å²) in [6, 6.07) is 7.40. The Hall–Kier alpha value is -2.53. The van der Waals surface area contributed by atoms with E-state index in [4.69, 9.17) is 5.26 Å². The molecule has 2 rings (SSSR count). The molecule has 0 atom stereocenters. The van der Waals surface area contributed by atoms with Gasteiger partial charge in [0, 0.05) is 15.4 Å². The Balaban J connectivity index is 2.16. The van der Waals surface area contributed by atoms with Crippen molar-refractivity contribution in [1.29, 1.82) is 5.26 Å². The maximum atomic E-state index is 12.2. The smallest absolute Gasteiger partial charge is 0.422 e. The molecule has 0 bridgehead atoms. The molecule has 0 fully saturated rings. The van der Waals surface area contributed by atoms with Gasteiger partial charge in [-0.05, 0) is 38.1 Å². The molecule has 1 aromatic carbocycles. The van der Waals surface area contributed by atoms with Gasteiger partial charge in [-0.25, -0.2) is 0 Å². The maximum Gasteiger partial charge on any atom is 0.422 e. The summed E-state index contributed by atoms with van der Waals surface area (Å²) in [5, 5.41) is 11.7. The lowest BCUT2D eigenvalue weighted by Gasteiger charge is -2.12. The van der Waals surface area contributed by atoms with Gasteiger partial charge in [0.1, 0.15) is 11.8 Å². The van der Waals surface area contributed by atoms with Crippen LogP contribution in [0.3, 0.4) is 0 Å². The van der Waals surface area contributed by atoms with Crippen LogP contribution in [0.25, 0.3) is 0 Å². The minimum absolute atomic E-state index is 0.0877. The number of halogens is 3. The summed E-state index contributed by atoms with van der Waals surface area (Å²) in [6.07, 6.45) is -4.49. The Morgan fingerprint density at radius 1 is 1.33 bits per heavy atom. The van der Waals surface area contributed by atoms with Crippen molar-refractivity contribution in [3.63, 3.8) is 0 Å². The highest BCUT2D eigenvalue weighted by molar-refractivity contribution is 7.12. The van der Waals surface area contributed by atoms with E-state index < -0.39 is 12.8 Å². The quantitative estimate of drug-likeness (QED) is 0.883. The zero-order valence-corrected chi connectivity index (χ0v) is 13.6. The largest absolute Gasteiger partial charge is 0.483 e. The summed E-state index contributed by atoms with van der Waals surface area (Å²) in [4.78, 5) is 14.1. The summed E-state index contributed by atoms with van der Waals surface area (Å²) < 4.78 is 41.2. The molecule has 0 aliphatic carbocycles. The number of benzene rings is 1. The van der Waals surface area contributed by atoms with E-state index in [1.165, 1.54) is 29.5 Å². The zero-order valence-electron chi connectivity index (χ0n) is 12.8. The molecule has 0 radical (unpaired) electrons. The van der Waals surface area contributed by atoms with E-state index >= 15 is 0 Å². The number of anilines is 1. The number of nitrogens with zero attached hydrogens (tertiary/aromatic N) is 1. The van der Waals surface area contributed by atoms with E-state index in [1.54, 1.807) is 12.1 Å². The molecule has 1 N–H and O–H groups in total. The first-order chi connectivity index (χ1) is 11.2. The van der Waals surface area contributed by atoms with Gasteiger partial charge in [0.05, 0.1) is 11.1 Å².